The normalized spacial score (nSPS) is 12.5. The molecule has 0 aliphatic rings. The highest BCUT2D eigenvalue weighted by Crippen LogP contribution is 2.19. The van der Waals surface area contributed by atoms with Crippen LogP contribution in [0.3, 0.4) is 0 Å². The highest BCUT2D eigenvalue weighted by Gasteiger charge is 2.17. The molecule has 0 aliphatic heterocycles. The molecule has 0 saturated carbocycles. The SMILES string of the molecule is COCCn1ccc2ccc(C(=O)N[C@@H](C)c3nnc4ccccn34)cc21. The van der Waals surface area contributed by atoms with E-state index in [2.05, 4.69) is 20.1 Å². The third-order valence-corrected chi connectivity index (χ3v) is 4.65. The molecule has 0 spiro atoms. The average Bonchev–Trinajstić information content (AvgIpc) is 3.30. The van der Waals surface area contributed by atoms with Crippen LogP contribution in [0.2, 0.25) is 0 Å². The molecule has 27 heavy (non-hydrogen) atoms. The maximum Gasteiger partial charge on any atom is 0.251 e. The quantitative estimate of drug-likeness (QED) is 0.572. The molecule has 1 N–H and O–H groups in total. The van der Waals surface area contributed by atoms with Gasteiger partial charge in [-0.1, -0.05) is 12.1 Å². The van der Waals surface area contributed by atoms with Gasteiger partial charge in [-0.2, -0.15) is 0 Å². The maximum absolute atomic E-state index is 12.8. The van der Waals surface area contributed by atoms with Gasteiger partial charge in [-0.25, -0.2) is 0 Å². The molecule has 4 aromatic rings. The number of pyridine rings is 1. The Bertz CT molecular complexity index is 1100. The summed E-state index contributed by atoms with van der Waals surface area (Å²) >= 11 is 0. The van der Waals surface area contributed by atoms with Gasteiger partial charge in [0.05, 0.1) is 12.6 Å². The van der Waals surface area contributed by atoms with Crippen molar-refractivity contribution >= 4 is 22.5 Å². The number of carbonyl (C=O) groups is 1. The van der Waals surface area contributed by atoms with Crippen molar-refractivity contribution in [3.05, 3.63) is 66.2 Å². The molecule has 138 valence electrons. The minimum absolute atomic E-state index is 0.142. The van der Waals surface area contributed by atoms with Gasteiger partial charge < -0.3 is 14.6 Å². The monoisotopic (exact) mass is 363 g/mol. The number of aromatic nitrogens is 4. The summed E-state index contributed by atoms with van der Waals surface area (Å²) in [5.74, 6) is 0.556. The first kappa shape index (κ1) is 17.2. The summed E-state index contributed by atoms with van der Waals surface area (Å²) < 4.78 is 9.12. The van der Waals surface area contributed by atoms with Gasteiger partial charge in [-0.05, 0) is 42.6 Å². The molecule has 0 radical (unpaired) electrons. The summed E-state index contributed by atoms with van der Waals surface area (Å²) in [5, 5.41) is 12.5. The molecule has 1 amide bonds. The van der Waals surface area contributed by atoms with Gasteiger partial charge in [0.2, 0.25) is 0 Å². The molecule has 0 fully saturated rings. The van der Waals surface area contributed by atoms with Crippen LogP contribution in [0.1, 0.15) is 29.1 Å². The molecule has 0 aliphatic carbocycles. The second kappa shape index (κ2) is 7.20. The lowest BCUT2D eigenvalue weighted by Crippen LogP contribution is -2.28. The van der Waals surface area contributed by atoms with Crippen LogP contribution in [0.25, 0.3) is 16.6 Å². The smallest absolute Gasteiger partial charge is 0.251 e. The van der Waals surface area contributed by atoms with Crippen LogP contribution in [0, 0.1) is 0 Å². The van der Waals surface area contributed by atoms with Crippen molar-refractivity contribution in [2.45, 2.75) is 19.5 Å². The van der Waals surface area contributed by atoms with E-state index in [0.29, 0.717) is 18.0 Å². The first-order valence-electron chi connectivity index (χ1n) is 8.86. The van der Waals surface area contributed by atoms with E-state index in [1.54, 1.807) is 7.11 Å². The van der Waals surface area contributed by atoms with Crippen LogP contribution >= 0.6 is 0 Å². The Morgan fingerprint density at radius 3 is 2.93 bits per heavy atom. The lowest BCUT2D eigenvalue weighted by Gasteiger charge is -2.13. The number of ether oxygens (including phenoxy) is 1. The minimum Gasteiger partial charge on any atom is -0.383 e. The molecule has 1 aromatic carbocycles. The van der Waals surface area contributed by atoms with Crippen molar-refractivity contribution < 1.29 is 9.53 Å². The van der Waals surface area contributed by atoms with Crippen LogP contribution in [-0.2, 0) is 11.3 Å². The van der Waals surface area contributed by atoms with Gasteiger partial charge in [0.15, 0.2) is 11.5 Å². The van der Waals surface area contributed by atoms with E-state index in [9.17, 15) is 4.79 Å². The average molecular weight is 363 g/mol. The van der Waals surface area contributed by atoms with Crippen molar-refractivity contribution in [2.24, 2.45) is 0 Å². The standard InChI is InChI=1S/C20H21N5O2/c1-14(19-23-22-18-5-3-4-9-25(18)19)21-20(26)16-7-6-15-8-10-24(11-12-27-2)17(15)13-16/h3-10,13-14H,11-12H2,1-2H3,(H,21,26)/t14-/m0/s1. The molecule has 1 atom stereocenters. The highest BCUT2D eigenvalue weighted by atomic mass is 16.5. The Kier molecular flexibility index (Phi) is 4.60. The van der Waals surface area contributed by atoms with Gasteiger partial charge in [-0.3, -0.25) is 9.20 Å². The molecule has 7 nitrogen and oxygen atoms in total. The fraction of sp³-hybridized carbons (Fsp3) is 0.250. The summed E-state index contributed by atoms with van der Waals surface area (Å²) in [7, 11) is 1.68. The van der Waals surface area contributed by atoms with E-state index in [1.807, 2.05) is 66.2 Å². The van der Waals surface area contributed by atoms with Crippen LogP contribution in [0.4, 0.5) is 0 Å². The molecule has 3 heterocycles. The van der Waals surface area contributed by atoms with Crippen molar-refractivity contribution in [2.75, 3.05) is 13.7 Å². The van der Waals surface area contributed by atoms with E-state index in [0.717, 1.165) is 23.1 Å². The Morgan fingerprint density at radius 2 is 2.07 bits per heavy atom. The summed E-state index contributed by atoms with van der Waals surface area (Å²) in [4.78, 5) is 12.8. The molecule has 3 aromatic heterocycles. The van der Waals surface area contributed by atoms with Gasteiger partial charge in [0.25, 0.3) is 5.91 Å². The molecular weight excluding hydrogens is 342 g/mol. The molecule has 0 bridgehead atoms. The van der Waals surface area contributed by atoms with E-state index in [4.69, 9.17) is 4.74 Å². The number of amides is 1. The minimum atomic E-state index is -0.272. The number of nitrogens with zero attached hydrogens (tertiary/aromatic N) is 4. The molecule has 4 rings (SSSR count). The zero-order chi connectivity index (χ0) is 18.8. The Hall–Kier alpha value is -3.19. The largest absolute Gasteiger partial charge is 0.383 e. The number of rotatable bonds is 6. The summed E-state index contributed by atoms with van der Waals surface area (Å²) in [6.07, 6.45) is 3.90. The van der Waals surface area contributed by atoms with Gasteiger partial charge in [0, 0.05) is 37.1 Å². The molecular formula is C20H21N5O2. The highest BCUT2D eigenvalue weighted by molar-refractivity contribution is 5.98. The summed E-state index contributed by atoms with van der Waals surface area (Å²) in [6, 6.07) is 13.2. The Labute approximate surface area is 156 Å². The lowest BCUT2D eigenvalue weighted by molar-refractivity contribution is 0.0938. The maximum atomic E-state index is 12.8. The van der Waals surface area contributed by atoms with Crippen molar-refractivity contribution in [1.29, 1.82) is 0 Å². The lowest BCUT2D eigenvalue weighted by atomic mass is 10.1. The second-order valence-corrected chi connectivity index (χ2v) is 6.46. The number of nitrogens with one attached hydrogen (secondary N) is 1. The van der Waals surface area contributed by atoms with Gasteiger partial charge in [0.1, 0.15) is 0 Å². The summed E-state index contributed by atoms with van der Waals surface area (Å²) in [5.41, 5.74) is 2.38. The van der Waals surface area contributed by atoms with Crippen LogP contribution < -0.4 is 5.32 Å². The molecule has 0 saturated heterocycles. The Balaban J connectivity index is 1.57. The van der Waals surface area contributed by atoms with Gasteiger partial charge >= 0.3 is 0 Å². The third-order valence-electron chi connectivity index (χ3n) is 4.65. The topological polar surface area (TPSA) is 73.4 Å². The van der Waals surface area contributed by atoms with Crippen molar-refractivity contribution in [3.8, 4) is 0 Å². The van der Waals surface area contributed by atoms with Crippen molar-refractivity contribution in [3.63, 3.8) is 0 Å². The number of methoxy groups -OCH3 is 1. The zero-order valence-corrected chi connectivity index (χ0v) is 15.3. The number of benzene rings is 1. The first-order valence-corrected chi connectivity index (χ1v) is 8.86. The predicted molar refractivity (Wildman–Crippen MR) is 103 cm³/mol. The number of hydrogen-bond acceptors (Lipinski definition) is 4. The van der Waals surface area contributed by atoms with E-state index >= 15 is 0 Å². The first-order chi connectivity index (χ1) is 13.2. The number of carbonyl (C=O) groups excluding carboxylic acids is 1. The summed E-state index contributed by atoms with van der Waals surface area (Å²) in [6.45, 7) is 3.27. The third kappa shape index (κ3) is 3.29. The number of hydrogen-bond donors (Lipinski definition) is 1. The predicted octanol–water partition coefficient (Wildman–Crippen LogP) is 2.82. The van der Waals surface area contributed by atoms with Crippen LogP contribution in [0.5, 0.6) is 0 Å². The Morgan fingerprint density at radius 1 is 1.19 bits per heavy atom. The fourth-order valence-electron chi connectivity index (χ4n) is 3.21. The zero-order valence-electron chi connectivity index (χ0n) is 15.3. The van der Waals surface area contributed by atoms with E-state index in [1.165, 1.54) is 0 Å². The second-order valence-electron chi connectivity index (χ2n) is 6.46. The van der Waals surface area contributed by atoms with Gasteiger partial charge in [-0.15, -0.1) is 10.2 Å². The van der Waals surface area contributed by atoms with Crippen LogP contribution in [0.15, 0.2) is 54.9 Å². The van der Waals surface area contributed by atoms with Crippen LogP contribution in [-0.4, -0.2) is 38.8 Å². The molecule has 7 heteroatoms. The molecule has 0 unspecified atom stereocenters. The number of fused-ring (bicyclic) bond motifs is 2. The fourth-order valence-corrected chi connectivity index (χ4v) is 3.21. The van der Waals surface area contributed by atoms with E-state index < -0.39 is 0 Å². The van der Waals surface area contributed by atoms with E-state index in [-0.39, 0.29) is 11.9 Å². The van der Waals surface area contributed by atoms with Crippen molar-refractivity contribution in [1.82, 2.24) is 24.5 Å².